The van der Waals surface area contributed by atoms with Crippen LogP contribution in [0.5, 0.6) is 0 Å². The van der Waals surface area contributed by atoms with Gasteiger partial charge in [-0.05, 0) is 58.6 Å². The van der Waals surface area contributed by atoms with Gasteiger partial charge in [-0.3, -0.25) is 4.79 Å². The second-order valence-electron chi connectivity index (χ2n) is 6.59. The van der Waals surface area contributed by atoms with Crippen molar-refractivity contribution in [2.24, 2.45) is 0 Å². The fraction of sp³-hybridized carbons (Fsp3) is 0.600. The number of allylic oxidation sites excluding steroid dienone is 4. The Hall–Kier alpha value is -1.64. The van der Waals surface area contributed by atoms with E-state index < -0.39 is 0 Å². The summed E-state index contributed by atoms with van der Waals surface area (Å²) in [5.41, 5.74) is 2.86. The van der Waals surface area contributed by atoms with E-state index in [1.807, 2.05) is 13.0 Å². The molecule has 3 heteroatoms. The average molecular weight is 318 g/mol. The molecule has 23 heavy (non-hydrogen) atoms. The molecule has 1 unspecified atom stereocenters. The van der Waals surface area contributed by atoms with E-state index in [-0.39, 0.29) is 24.3 Å². The largest absolute Gasteiger partial charge is 0.455 e. The van der Waals surface area contributed by atoms with Crippen LogP contribution in [-0.2, 0) is 14.3 Å². The molecule has 1 aliphatic rings. The van der Waals surface area contributed by atoms with E-state index in [2.05, 4.69) is 26.8 Å². The molecule has 0 aromatic heterocycles. The van der Waals surface area contributed by atoms with Crippen LogP contribution in [0.1, 0.15) is 72.6 Å². The van der Waals surface area contributed by atoms with E-state index in [1.165, 1.54) is 5.57 Å². The van der Waals surface area contributed by atoms with Crippen LogP contribution in [-0.4, -0.2) is 17.9 Å². The van der Waals surface area contributed by atoms with Crippen LogP contribution in [0, 0.1) is 0 Å². The summed E-state index contributed by atoms with van der Waals surface area (Å²) in [4.78, 5) is 23.9. The van der Waals surface area contributed by atoms with Crippen molar-refractivity contribution in [1.82, 2.24) is 0 Å². The zero-order valence-corrected chi connectivity index (χ0v) is 15.0. The first-order valence-electron chi connectivity index (χ1n) is 8.67. The van der Waals surface area contributed by atoms with E-state index in [4.69, 9.17) is 4.74 Å². The summed E-state index contributed by atoms with van der Waals surface area (Å²) in [6.45, 7) is 8.25. The number of hydrogen-bond donors (Lipinski definition) is 0. The van der Waals surface area contributed by atoms with Crippen LogP contribution < -0.4 is 0 Å². The Balaban J connectivity index is 2.47. The number of carbonyl (C=O) groups is 2. The van der Waals surface area contributed by atoms with Gasteiger partial charge in [0.25, 0.3) is 0 Å². The quantitative estimate of drug-likeness (QED) is 0.244. The molecule has 1 rings (SSSR count). The Bertz CT molecular complexity index is 505. The summed E-state index contributed by atoms with van der Waals surface area (Å²) in [7, 11) is 0. The van der Waals surface area contributed by atoms with Crippen molar-refractivity contribution in [2.75, 3.05) is 0 Å². The smallest absolute Gasteiger partial charge is 0.334 e. The summed E-state index contributed by atoms with van der Waals surface area (Å²) >= 11 is 0. The molecule has 0 amide bonds. The van der Waals surface area contributed by atoms with Crippen LogP contribution >= 0.6 is 0 Å². The second kappa shape index (κ2) is 10.2. The minimum absolute atomic E-state index is 0.0166. The molecule has 0 fully saturated rings. The SMILES string of the molecule is CCCCCC1C=C(CC(=O)/C=C(\C)CCC=C(C)C)C(=O)O1. The minimum Gasteiger partial charge on any atom is -0.455 e. The molecule has 1 heterocycles. The summed E-state index contributed by atoms with van der Waals surface area (Å²) < 4.78 is 5.31. The lowest BCUT2D eigenvalue weighted by atomic mass is 10.0. The Kier molecular flexibility index (Phi) is 8.60. The summed E-state index contributed by atoms with van der Waals surface area (Å²) in [6, 6.07) is 0. The number of rotatable bonds is 10. The zero-order chi connectivity index (χ0) is 17.2. The summed E-state index contributed by atoms with van der Waals surface area (Å²) in [5, 5.41) is 0. The third-order valence-electron chi connectivity index (χ3n) is 3.86. The van der Waals surface area contributed by atoms with Gasteiger partial charge in [0, 0.05) is 12.0 Å². The lowest BCUT2D eigenvalue weighted by molar-refractivity contribution is -0.140. The van der Waals surface area contributed by atoms with Gasteiger partial charge in [-0.25, -0.2) is 4.79 Å². The number of esters is 1. The number of unbranched alkanes of at least 4 members (excludes halogenated alkanes) is 2. The highest BCUT2D eigenvalue weighted by molar-refractivity contribution is 6.01. The summed E-state index contributed by atoms with van der Waals surface area (Å²) in [6.07, 6.45) is 11.7. The highest BCUT2D eigenvalue weighted by Gasteiger charge is 2.25. The minimum atomic E-state index is -0.324. The van der Waals surface area contributed by atoms with E-state index in [0.29, 0.717) is 5.57 Å². The maximum Gasteiger partial charge on any atom is 0.334 e. The van der Waals surface area contributed by atoms with Gasteiger partial charge < -0.3 is 4.74 Å². The monoisotopic (exact) mass is 318 g/mol. The highest BCUT2D eigenvalue weighted by atomic mass is 16.5. The summed E-state index contributed by atoms with van der Waals surface area (Å²) in [5.74, 6) is -0.340. The van der Waals surface area contributed by atoms with E-state index in [9.17, 15) is 9.59 Å². The van der Waals surface area contributed by atoms with Crippen LogP contribution in [0.3, 0.4) is 0 Å². The van der Waals surface area contributed by atoms with E-state index in [0.717, 1.165) is 44.1 Å². The van der Waals surface area contributed by atoms with E-state index in [1.54, 1.807) is 6.08 Å². The van der Waals surface area contributed by atoms with Gasteiger partial charge in [0.15, 0.2) is 5.78 Å². The molecule has 0 radical (unpaired) electrons. The third-order valence-corrected chi connectivity index (χ3v) is 3.86. The molecule has 0 aliphatic carbocycles. The van der Waals surface area contributed by atoms with Crippen LogP contribution in [0.25, 0.3) is 0 Å². The molecule has 0 saturated carbocycles. The normalized spacial score (nSPS) is 17.7. The molecular formula is C20H30O3. The van der Waals surface area contributed by atoms with Crippen molar-refractivity contribution in [3.8, 4) is 0 Å². The van der Waals surface area contributed by atoms with Crippen molar-refractivity contribution in [2.45, 2.75) is 78.7 Å². The van der Waals surface area contributed by atoms with Gasteiger partial charge in [-0.2, -0.15) is 0 Å². The fourth-order valence-electron chi connectivity index (χ4n) is 2.58. The third kappa shape index (κ3) is 7.96. The Labute approximate surface area is 140 Å². The number of ketones is 1. The first kappa shape index (κ1) is 19.4. The van der Waals surface area contributed by atoms with Crippen molar-refractivity contribution in [1.29, 1.82) is 0 Å². The Morgan fingerprint density at radius 1 is 1.26 bits per heavy atom. The Morgan fingerprint density at radius 3 is 2.65 bits per heavy atom. The van der Waals surface area contributed by atoms with Gasteiger partial charge in [-0.15, -0.1) is 0 Å². The molecule has 1 atom stereocenters. The Morgan fingerprint density at radius 2 is 2.00 bits per heavy atom. The molecule has 3 nitrogen and oxygen atoms in total. The molecule has 0 bridgehead atoms. The van der Waals surface area contributed by atoms with Crippen molar-refractivity contribution >= 4 is 11.8 Å². The predicted molar refractivity (Wildman–Crippen MR) is 94.2 cm³/mol. The van der Waals surface area contributed by atoms with Gasteiger partial charge in [0.05, 0.1) is 0 Å². The molecule has 0 aromatic carbocycles. The molecule has 0 saturated heterocycles. The van der Waals surface area contributed by atoms with Gasteiger partial charge in [0.1, 0.15) is 6.10 Å². The van der Waals surface area contributed by atoms with Crippen molar-refractivity contribution in [3.05, 3.63) is 34.9 Å². The molecule has 0 spiro atoms. The van der Waals surface area contributed by atoms with Crippen LogP contribution in [0.15, 0.2) is 34.9 Å². The highest BCUT2D eigenvalue weighted by Crippen LogP contribution is 2.21. The zero-order valence-electron chi connectivity index (χ0n) is 15.0. The lowest BCUT2D eigenvalue weighted by Gasteiger charge is -2.06. The van der Waals surface area contributed by atoms with E-state index >= 15 is 0 Å². The average Bonchev–Trinajstić information content (AvgIpc) is 2.78. The van der Waals surface area contributed by atoms with Crippen LogP contribution in [0.2, 0.25) is 0 Å². The molecule has 128 valence electrons. The molecule has 0 aromatic rings. The maximum atomic E-state index is 12.1. The van der Waals surface area contributed by atoms with Crippen molar-refractivity contribution in [3.63, 3.8) is 0 Å². The second-order valence-corrected chi connectivity index (χ2v) is 6.59. The number of carbonyl (C=O) groups excluding carboxylic acids is 2. The molecular weight excluding hydrogens is 288 g/mol. The number of ether oxygens (including phenoxy) is 1. The predicted octanol–water partition coefficient (Wildman–Crippen LogP) is 5.07. The van der Waals surface area contributed by atoms with Crippen LogP contribution in [0.4, 0.5) is 0 Å². The topological polar surface area (TPSA) is 43.4 Å². The molecule has 0 N–H and O–H groups in total. The lowest BCUT2D eigenvalue weighted by Crippen LogP contribution is -2.09. The standard InChI is InChI=1S/C20H30O3/c1-5-6-7-11-19-14-17(20(22)23-19)13-18(21)12-16(4)10-8-9-15(2)3/h9,12,14,19H,5-8,10-11,13H2,1-4H3/b16-12+. The number of hydrogen-bond acceptors (Lipinski definition) is 3. The first-order valence-corrected chi connectivity index (χ1v) is 8.67. The van der Waals surface area contributed by atoms with Gasteiger partial charge >= 0.3 is 5.97 Å². The first-order chi connectivity index (χ1) is 10.9. The fourth-order valence-corrected chi connectivity index (χ4v) is 2.58. The van der Waals surface area contributed by atoms with Crippen molar-refractivity contribution < 1.29 is 14.3 Å². The number of cyclic esters (lactones) is 1. The van der Waals surface area contributed by atoms with Gasteiger partial charge in [0.2, 0.25) is 0 Å². The molecule has 1 aliphatic heterocycles. The maximum absolute atomic E-state index is 12.1. The van der Waals surface area contributed by atoms with Gasteiger partial charge in [-0.1, -0.05) is 37.0 Å².